The van der Waals surface area contributed by atoms with Crippen LogP contribution in [0, 0.1) is 0 Å². The summed E-state index contributed by atoms with van der Waals surface area (Å²) in [6, 6.07) is 9.29. The predicted octanol–water partition coefficient (Wildman–Crippen LogP) is 8.36. The second-order valence-corrected chi connectivity index (χ2v) is 20.0. The number of pyridine rings is 2. The zero-order chi connectivity index (χ0) is 38.9. The van der Waals surface area contributed by atoms with Crippen LogP contribution in [-0.4, -0.2) is 39.9 Å². The van der Waals surface area contributed by atoms with E-state index in [0.29, 0.717) is 0 Å². The van der Waals surface area contributed by atoms with E-state index in [1.165, 1.54) is 0 Å². The SMILES string of the molecule is CC1(C)c2ccc(nc2)C(C)(C)C2(C)c3ccc(nc3)C1(C)C1(C)c3cnc(nc3)C2(C)C2(C)c3cnc(cn3)C1(C)C(C)(C)c1ncc(cn1)C2(C)C. The Morgan fingerprint density at radius 3 is 1.19 bits per heavy atom. The minimum Gasteiger partial charge on any atom is -0.260 e. The number of hydrogen-bond acceptors (Lipinski definition) is 8. The van der Waals surface area contributed by atoms with Crippen LogP contribution < -0.4 is 0 Å². The average Bonchev–Trinajstić information content (AvgIpc) is 3.17. The Bertz CT molecular complexity index is 2040. The Hall–Kier alpha value is -4.46. The molecule has 0 amide bonds. The van der Waals surface area contributed by atoms with Crippen LogP contribution >= 0.6 is 0 Å². The van der Waals surface area contributed by atoms with Crippen molar-refractivity contribution in [1.82, 2.24) is 39.9 Å². The molecule has 0 radical (unpaired) electrons. The van der Waals surface area contributed by atoms with Gasteiger partial charge in [-0.2, -0.15) is 0 Å². The van der Waals surface area contributed by atoms with Crippen molar-refractivity contribution in [3.63, 3.8) is 0 Å². The summed E-state index contributed by atoms with van der Waals surface area (Å²) in [5.74, 6) is 1.48. The van der Waals surface area contributed by atoms with Crippen LogP contribution in [0.25, 0.3) is 0 Å². The average molecular weight is 719 g/mol. The molecule has 5 aromatic heterocycles. The van der Waals surface area contributed by atoms with E-state index in [1.807, 2.05) is 0 Å². The summed E-state index contributed by atoms with van der Waals surface area (Å²) in [6.45, 7) is 32.7. The molecule has 0 fully saturated rings. The maximum Gasteiger partial charge on any atom is 0.135 e. The van der Waals surface area contributed by atoms with Gasteiger partial charge in [0.25, 0.3) is 0 Å². The van der Waals surface area contributed by atoms with Gasteiger partial charge in [-0.15, -0.1) is 0 Å². The molecule has 0 aromatic carbocycles. The molecule has 15 aliphatic heterocycles. The van der Waals surface area contributed by atoms with Crippen LogP contribution in [0.2, 0.25) is 0 Å². The van der Waals surface area contributed by atoms with E-state index in [-0.39, 0.29) is 0 Å². The number of hydrogen-bond donors (Lipinski definition) is 0. The van der Waals surface area contributed by atoms with Crippen LogP contribution in [0.15, 0.2) is 73.8 Å². The van der Waals surface area contributed by atoms with Gasteiger partial charge in [0.2, 0.25) is 0 Å². The van der Waals surface area contributed by atoms with Crippen molar-refractivity contribution in [2.75, 3.05) is 0 Å². The molecule has 21 rings (SSSR count). The third-order valence-corrected chi connectivity index (χ3v) is 18.3. The molecule has 1 aliphatic carbocycles. The first-order valence-electron chi connectivity index (χ1n) is 19.5. The highest BCUT2D eigenvalue weighted by molar-refractivity contribution is 5.56. The molecule has 0 N–H and O–H groups in total. The first kappa shape index (κ1) is 35.3. The molecule has 0 spiro atoms. The molecule has 20 heterocycles. The van der Waals surface area contributed by atoms with E-state index >= 15 is 0 Å². The predicted molar refractivity (Wildman–Crippen MR) is 211 cm³/mol. The lowest BCUT2D eigenvalue weighted by Crippen LogP contribution is -2.71. The molecule has 0 saturated heterocycles. The molecule has 6 atom stereocenters. The summed E-state index contributed by atoms with van der Waals surface area (Å²) in [7, 11) is 0. The van der Waals surface area contributed by atoms with Gasteiger partial charge in [0, 0.05) is 115 Å². The molecule has 54 heavy (non-hydrogen) atoms. The number of nitrogens with zero attached hydrogens (tertiary/aromatic N) is 8. The van der Waals surface area contributed by atoms with Crippen LogP contribution in [0.1, 0.15) is 154 Å². The van der Waals surface area contributed by atoms with E-state index in [2.05, 4.69) is 171 Å². The molecule has 16 aliphatic rings. The maximum absolute atomic E-state index is 5.68. The van der Waals surface area contributed by atoms with Gasteiger partial charge in [0.15, 0.2) is 0 Å². The molecule has 0 saturated carbocycles. The Morgan fingerprint density at radius 1 is 0.259 bits per heavy atom. The first-order valence-corrected chi connectivity index (χ1v) is 19.5. The quantitative estimate of drug-likeness (QED) is 0.157. The van der Waals surface area contributed by atoms with E-state index < -0.39 is 54.1 Å². The van der Waals surface area contributed by atoms with Crippen molar-refractivity contribution in [1.29, 1.82) is 0 Å². The molecular formula is C46H54N8. The van der Waals surface area contributed by atoms with Crippen molar-refractivity contribution in [2.45, 2.75) is 151 Å². The smallest absolute Gasteiger partial charge is 0.135 e. The second kappa shape index (κ2) is 9.85. The minimum absolute atomic E-state index is 0.563. The zero-order valence-electron chi connectivity index (χ0n) is 34.5. The maximum atomic E-state index is 5.68. The molecular weight excluding hydrogens is 665 g/mol. The molecule has 5 aromatic rings. The molecule has 6 unspecified atom stereocenters. The first-order chi connectivity index (χ1) is 25.1. The summed E-state index contributed by atoms with van der Waals surface area (Å²) < 4.78 is 0. The molecule has 8 heteroatoms. The summed E-state index contributed by atoms with van der Waals surface area (Å²) in [6.07, 6.45) is 16.9. The number of aromatic nitrogens is 8. The summed E-state index contributed by atoms with van der Waals surface area (Å²) in [5.41, 5.74) is 0.431. The van der Waals surface area contributed by atoms with Crippen molar-refractivity contribution in [2.24, 2.45) is 0 Å². The van der Waals surface area contributed by atoms with E-state index in [1.54, 1.807) is 0 Å². The third-order valence-electron chi connectivity index (χ3n) is 18.3. The van der Waals surface area contributed by atoms with Crippen molar-refractivity contribution >= 4 is 0 Å². The topological polar surface area (TPSA) is 103 Å². The number of rotatable bonds is 0. The van der Waals surface area contributed by atoms with Crippen molar-refractivity contribution < 1.29 is 0 Å². The lowest BCUT2D eigenvalue weighted by atomic mass is 9.35. The van der Waals surface area contributed by atoms with Crippen LogP contribution in [0.3, 0.4) is 0 Å². The van der Waals surface area contributed by atoms with E-state index in [0.717, 1.165) is 56.7 Å². The Kier molecular flexibility index (Phi) is 6.43. The van der Waals surface area contributed by atoms with E-state index in [9.17, 15) is 0 Å². The summed E-state index contributed by atoms with van der Waals surface area (Å²) >= 11 is 0. The van der Waals surface area contributed by atoms with Crippen molar-refractivity contribution in [3.8, 4) is 0 Å². The summed E-state index contributed by atoms with van der Waals surface area (Å²) in [4.78, 5) is 44.4. The largest absolute Gasteiger partial charge is 0.260 e. The highest BCUT2D eigenvalue weighted by Crippen LogP contribution is 2.70. The van der Waals surface area contributed by atoms with Gasteiger partial charge in [-0.1, -0.05) is 109 Å². The fourth-order valence-electron chi connectivity index (χ4n) is 12.7. The van der Waals surface area contributed by atoms with Crippen molar-refractivity contribution in [3.05, 3.63) is 131 Å². The highest BCUT2D eigenvalue weighted by Gasteiger charge is 2.73. The third kappa shape index (κ3) is 3.27. The summed E-state index contributed by atoms with van der Waals surface area (Å²) in [5, 5.41) is 0. The van der Waals surface area contributed by atoms with Gasteiger partial charge in [-0.3, -0.25) is 19.9 Å². The monoisotopic (exact) mass is 718 g/mol. The lowest BCUT2D eigenvalue weighted by molar-refractivity contribution is 0.00939. The minimum atomic E-state index is -0.905. The molecule has 16 bridgehead atoms. The fourth-order valence-corrected chi connectivity index (χ4v) is 12.7. The fraction of sp³-hybridized carbons (Fsp3) is 0.522. The lowest BCUT2D eigenvalue weighted by Gasteiger charge is -2.67. The van der Waals surface area contributed by atoms with Crippen LogP contribution in [-0.2, 0) is 54.1 Å². The normalized spacial score (nSPS) is 35.5. The second-order valence-electron chi connectivity index (χ2n) is 20.0. The van der Waals surface area contributed by atoms with Gasteiger partial charge >= 0.3 is 0 Å². The zero-order valence-corrected chi connectivity index (χ0v) is 34.5. The Morgan fingerprint density at radius 2 is 0.667 bits per heavy atom. The van der Waals surface area contributed by atoms with Crippen LogP contribution in [0.5, 0.6) is 0 Å². The van der Waals surface area contributed by atoms with Gasteiger partial charge in [-0.05, 0) is 34.4 Å². The van der Waals surface area contributed by atoms with E-state index in [4.69, 9.17) is 39.9 Å². The van der Waals surface area contributed by atoms with Gasteiger partial charge in [0.1, 0.15) is 11.6 Å². The van der Waals surface area contributed by atoms with Gasteiger partial charge < -0.3 is 0 Å². The van der Waals surface area contributed by atoms with Gasteiger partial charge in [0.05, 0.1) is 11.4 Å². The van der Waals surface area contributed by atoms with Gasteiger partial charge in [-0.25, -0.2) is 19.9 Å². The molecule has 278 valence electrons. The Labute approximate surface area is 320 Å². The Balaban J connectivity index is 1.69. The molecule has 8 nitrogen and oxygen atoms in total. The standard InChI is InChI=1S/C46H54N8/c1-37(2)27-15-17-31(47-19-27)39(5,6)41(9)28-16-18-32(48-20-28)43(37,11)42(10)30-23-53-36(54-24-30)46(41,14)44(12)33-25-50-34(26-49-33)45(42,13)40(7,8)35-51-21-29(22-52-35)38(44,3)4/h15-26H,1-14H3. The van der Waals surface area contributed by atoms with Crippen LogP contribution in [0.4, 0.5) is 0 Å². The highest BCUT2D eigenvalue weighted by atomic mass is 15.0.